The van der Waals surface area contributed by atoms with Crippen molar-refractivity contribution in [2.75, 3.05) is 13.1 Å². The third-order valence-electron chi connectivity index (χ3n) is 3.56. The van der Waals surface area contributed by atoms with Crippen molar-refractivity contribution in [2.24, 2.45) is 11.7 Å². The van der Waals surface area contributed by atoms with E-state index in [4.69, 9.17) is 5.73 Å². The molecule has 0 bridgehead atoms. The van der Waals surface area contributed by atoms with E-state index in [1.165, 1.54) is 4.88 Å². The molecule has 1 aromatic heterocycles. The van der Waals surface area contributed by atoms with E-state index in [-0.39, 0.29) is 17.7 Å². The summed E-state index contributed by atoms with van der Waals surface area (Å²) >= 11 is 1.54. The van der Waals surface area contributed by atoms with E-state index in [1.807, 2.05) is 24.8 Å². The molecule has 2 heterocycles. The van der Waals surface area contributed by atoms with Crippen LogP contribution < -0.4 is 5.73 Å². The van der Waals surface area contributed by atoms with Crippen LogP contribution >= 0.6 is 11.3 Å². The smallest absolute Gasteiger partial charge is 0.263 e. The van der Waals surface area contributed by atoms with Crippen LogP contribution in [-0.2, 0) is 4.79 Å². The number of amides is 2. The number of likely N-dealkylation sites (tertiary alicyclic amines) is 1. The summed E-state index contributed by atoms with van der Waals surface area (Å²) in [5, 5.41) is 0. The topological polar surface area (TPSA) is 63.4 Å². The van der Waals surface area contributed by atoms with Crippen molar-refractivity contribution < 1.29 is 9.59 Å². The standard InChI is InChI=1S/C13H18N2O2S/c1-8-7-11(18-9(8)2)13(17)15-5-3-10(4-6-15)12(14)16/h7,10H,3-6H2,1-2H3,(H2,14,16). The van der Waals surface area contributed by atoms with Gasteiger partial charge in [-0.25, -0.2) is 0 Å². The van der Waals surface area contributed by atoms with Crippen molar-refractivity contribution in [2.45, 2.75) is 26.7 Å². The molecule has 1 saturated heterocycles. The molecule has 0 aliphatic carbocycles. The predicted molar refractivity (Wildman–Crippen MR) is 71.6 cm³/mol. The zero-order valence-electron chi connectivity index (χ0n) is 10.7. The Bertz CT molecular complexity index is 454. The number of nitrogens with two attached hydrogens (primary N) is 1. The molecule has 0 atom stereocenters. The summed E-state index contributed by atoms with van der Waals surface area (Å²) in [6, 6.07) is 1.95. The first kappa shape index (κ1) is 13.1. The molecule has 4 nitrogen and oxygen atoms in total. The largest absolute Gasteiger partial charge is 0.369 e. The van der Waals surface area contributed by atoms with Crippen LogP contribution in [0.4, 0.5) is 0 Å². The number of piperidine rings is 1. The summed E-state index contributed by atoms with van der Waals surface area (Å²) in [5.41, 5.74) is 6.45. The number of carbonyl (C=O) groups excluding carboxylic acids is 2. The Balaban J connectivity index is 2.01. The van der Waals surface area contributed by atoms with Gasteiger partial charge in [-0.15, -0.1) is 11.3 Å². The van der Waals surface area contributed by atoms with Gasteiger partial charge in [-0.2, -0.15) is 0 Å². The highest BCUT2D eigenvalue weighted by Crippen LogP contribution is 2.24. The van der Waals surface area contributed by atoms with Crippen LogP contribution in [-0.4, -0.2) is 29.8 Å². The number of nitrogens with zero attached hydrogens (tertiary/aromatic N) is 1. The SMILES string of the molecule is Cc1cc(C(=O)N2CCC(C(N)=O)CC2)sc1C. The molecule has 98 valence electrons. The molecule has 0 radical (unpaired) electrons. The summed E-state index contributed by atoms with van der Waals surface area (Å²) in [7, 11) is 0. The molecule has 1 aliphatic rings. The number of hydrogen-bond acceptors (Lipinski definition) is 3. The fourth-order valence-electron chi connectivity index (χ4n) is 2.20. The Morgan fingerprint density at radius 2 is 1.94 bits per heavy atom. The minimum absolute atomic E-state index is 0.0687. The molecule has 0 unspecified atom stereocenters. The molecule has 0 spiro atoms. The molecule has 1 aliphatic heterocycles. The van der Waals surface area contributed by atoms with E-state index in [2.05, 4.69) is 0 Å². The quantitative estimate of drug-likeness (QED) is 0.885. The van der Waals surface area contributed by atoms with Crippen LogP contribution in [0.1, 0.15) is 33.0 Å². The number of rotatable bonds is 2. The predicted octanol–water partition coefficient (Wildman–Crippen LogP) is 1.70. The van der Waals surface area contributed by atoms with Crippen LogP contribution in [0.2, 0.25) is 0 Å². The zero-order valence-corrected chi connectivity index (χ0v) is 11.5. The maximum Gasteiger partial charge on any atom is 0.263 e. The van der Waals surface area contributed by atoms with Crippen molar-refractivity contribution in [1.82, 2.24) is 4.90 Å². The van der Waals surface area contributed by atoms with Gasteiger partial charge in [0.1, 0.15) is 0 Å². The minimum Gasteiger partial charge on any atom is -0.369 e. The highest BCUT2D eigenvalue weighted by molar-refractivity contribution is 7.14. The van der Waals surface area contributed by atoms with Gasteiger partial charge < -0.3 is 10.6 Å². The molecule has 0 saturated carbocycles. The summed E-state index contributed by atoms with van der Waals surface area (Å²) in [6.07, 6.45) is 1.37. The minimum atomic E-state index is -0.245. The number of hydrogen-bond donors (Lipinski definition) is 1. The van der Waals surface area contributed by atoms with Gasteiger partial charge in [0.25, 0.3) is 5.91 Å². The van der Waals surface area contributed by atoms with Gasteiger partial charge in [0.2, 0.25) is 5.91 Å². The molecule has 5 heteroatoms. The molecule has 2 amide bonds. The van der Waals surface area contributed by atoms with Crippen LogP contribution in [0.25, 0.3) is 0 Å². The second-order valence-corrected chi connectivity index (χ2v) is 6.08. The van der Waals surface area contributed by atoms with Gasteiger partial charge >= 0.3 is 0 Å². The van der Waals surface area contributed by atoms with E-state index < -0.39 is 0 Å². The molecule has 1 aromatic rings. The Kier molecular flexibility index (Phi) is 3.71. The van der Waals surface area contributed by atoms with Crippen molar-refractivity contribution in [3.05, 3.63) is 21.4 Å². The normalized spacial score (nSPS) is 16.9. The average molecular weight is 266 g/mol. The Hall–Kier alpha value is -1.36. The number of carbonyl (C=O) groups is 2. The summed E-state index contributed by atoms with van der Waals surface area (Å²) in [6.45, 7) is 5.29. The summed E-state index contributed by atoms with van der Waals surface area (Å²) in [4.78, 5) is 27.1. The number of aryl methyl sites for hydroxylation is 2. The van der Waals surface area contributed by atoms with Crippen LogP contribution in [0, 0.1) is 19.8 Å². The van der Waals surface area contributed by atoms with Gasteiger partial charge in [-0.1, -0.05) is 0 Å². The zero-order chi connectivity index (χ0) is 13.3. The maximum atomic E-state index is 12.3. The third-order valence-corrected chi connectivity index (χ3v) is 4.70. The van der Waals surface area contributed by atoms with Crippen LogP contribution in [0.5, 0.6) is 0 Å². The van der Waals surface area contributed by atoms with Crippen molar-refractivity contribution in [1.29, 1.82) is 0 Å². The second-order valence-electron chi connectivity index (χ2n) is 4.82. The molecule has 2 N–H and O–H groups in total. The van der Waals surface area contributed by atoms with E-state index in [9.17, 15) is 9.59 Å². The molecular weight excluding hydrogens is 248 g/mol. The van der Waals surface area contributed by atoms with Crippen molar-refractivity contribution >= 4 is 23.2 Å². The van der Waals surface area contributed by atoms with E-state index in [0.29, 0.717) is 25.9 Å². The summed E-state index contributed by atoms with van der Waals surface area (Å²) < 4.78 is 0. The highest BCUT2D eigenvalue weighted by atomic mass is 32.1. The highest BCUT2D eigenvalue weighted by Gasteiger charge is 2.27. The monoisotopic (exact) mass is 266 g/mol. The molecule has 2 rings (SSSR count). The van der Waals surface area contributed by atoms with Crippen molar-refractivity contribution in [3.8, 4) is 0 Å². The van der Waals surface area contributed by atoms with Gasteiger partial charge in [0, 0.05) is 23.9 Å². The van der Waals surface area contributed by atoms with Gasteiger partial charge in [0.05, 0.1) is 4.88 Å². The maximum absolute atomic E-state index is 12.3. The van der Waals surface area contributed by atoms with Gasteiger partial charge in [0.15, 0.2) is 0 Å². The van der Waals surface area contributed by atoms with Crippen LogP contribution in [0.15, 0.2) is 6.07 Å². The number of thiophene rings is 1. The second kappa shape index (κ2) is 5.10. The Labute approximate surface area is 111 Å². The van der Waals surface area contributed by atoms with Gasteiger partial charge in [-0.3, -0.25) is 9.59 Å². The molecule has 18 heavy (non-hydrogen) atoms. The first-order valence-electron chi connectivity index (χ1n) is 6.14. The lowest BCUT2D eigenvalue weighted by Gasteiger charge is -2.30. The van der Waals surface area contributed by atoms with Crippen molar-refractivity contribution in [3.63, 3.8) is 0 Å². The van der Waals surface area contributed by atoms with E-state index >= 15 is 0 Å². The third kappa shape index (κ3) is 2.56. The Morgan fingerprint density at radius 1 is 1.33 bits per heavy atom. The van der Waals surface area contributed by atoms with Gasteiger partial charge in [-0.05, 0) is 38.3 Å². The summed E-state index contributed by atoms with van der Waals surface area (Å²) in [5.74, 6) is -0.232. The fraction of sp³-hybridized carbons (Fsp3) is 0.538. The van der Waals surface area contributed by atoms with E-state index in [0.717, 1.165) is 10.4 Å². The number of primary amides is 1. The van der Waals surface area contributed by atoms with E-state index in [1.54, 1.807) is 11.3 Å². The first-order chi connectivity index (χ1) is 8.49. The lowest BCUT2D eigenvalue weighted by Crippen LogP contribution is -2.41. The fourth-order valence-corrected chi connectivity index (χ4v) is 3.20. The molecule has 0 aromatic carbocycles. The van der Waals surface area contributed by atoms with Crippen LogP contribution in [0.3, 0.4) is 0 Å². The lowest BCUT2D eigenvalue weighted by molar-refractivity contribution is -0.123. The Morgan fingerprint density at radius 3 is 2.39 bits per heavy atom. The lowest BCUT2D eigenvalue weighted by atomic mass is 9.96. The molecular formula is C13H18N2O2S. The molecule has 1 fully saturated rings. The average Bonchev–Trinajstić information content (AvgIpc) is 2.69. The first-order valence-corrected chi connectivity index (χ1v) is 6.96.